The van der Waals surface area contributed by atoms with Crippen LogP contribution in [-0.4, -0.2) is 5.11 Å². The SMILES string of the molecule is Cc1cccc(C2(O)CCc3ccccc3C2)c1. The maximum absolute atomic E-state index is 10.9. The van der Waals surface area contributed by atoms with E-state index in [9.17, 15) is 5.11 Å². The highest BCUT2D eigenvalue weighted by Crippen LogP contribution is 2.36. The minimum Gasteiger partial charge on any atom is -0.385 e. The average Bonchev–Trinajstić information content (AvgIpc) is 2.38. The molecule has 1 unspecified atom stereocenters. The van der Waals surface area contributed by atoms with Crippen molar-refractivity contribution in [3.63, 3.8) is 0 Å². The third-order valence-electron chi connectivity index (χ3n) is 3.96. The van der Waals surface area contributed by atoms with Crippen LogP contribution in [0.15, 0.2) is 48.5 Å². The van der Waals surface area contributed by atoms with Crippen LogP contribution in [0.2, 0.25) is 0 Å². The maximum atomic E-state index is 10.9. The van der Waals surface area contributed by atoms with Crippen molar-refractivity contribution in [2.75, 3.05) is 0 Å². The van der Waals surface area contributed by atoms with Gasteiger partial charge in [0.15, 0.2) is 0 Å². The molecular formula is C17H18O. The Morgan fingerprint density at radius 2 is 1.78 bits per heavy atom. The number of aryl methyl sites for hydroxylation is 2. The molecule has 0 spiro atoms. The highest BCUT2D eigenvalue weighted by atomic mass is 16.3. The van der Waals surface area contributed by atoms with Crippen LogP contribution in [0.5, 0.6) is 0 Å². The van der Waals surface area contributed by atoms with Crippen LogP contribution in [-0.2, 0) is 18.4 Å². The van der Waals surface area contributed by atoms with Gasteiger partial charge in [0.1, 0.15) is 0 Å². The summed E-state index contributed by atoms with van der Waals surface area (Å²) in [5.41, 5.74) is 4.24. The molecule has 1 N–H and O–H groups in total. The molecule has 0 radical (unpaired) electrons. The normalized spacial score (nSPS) is 22.6. The first kappa shape index (κ1) is 11.5. The fraction of sp³-hybridized carbons (Fsp3) is 0.294. The van der Waals surface area contributed by atoms with Crippen molar-refractivity contribution < 1.29 is 5.11 Å². The summed E-state index contributed by atoms with van der Waals surface area (Å²) in [4.78, 5) is 0. The molecule has 0 saturated carbocycles. The number of hydrogen-bond donors (Lipinski definition) is 1. The van der Waals surface area contributed by atoms with Crippen molar-refractivity contribution >= 4 is 0 Å². The third-order valence-corrected chi connectivity index (χ3v) is 3.96. The summed E-state index contributed by atoms with van der Waals surface area (Å²) in [6.07, 6.45) is 2.50. The molecule has 2 aromatic carbocycles. The number of benzene rings is 2. The summed E-state index contributed by atoms with van der Waals surface area (Å²) in [7, 11) is 0. The van der Waals surface area contributed by atoms with Crippen LogP contribution in [0.1, 0.15) is 28.7 Å². The number of fused-ring (bicyclic) bond motifs is 1. The van der Waals surface area contributed by atoms with Crippen LogP contribution in [0.3, 0.4) is 0 Å². The van der Waals surface area contributed by atoms with E-state index in [4.69, 9.17) is 0 Å². The highest BCUT2D eigenvalue weighted by Gasteiger charge is 2.33. The second-order valence-corrected chi connectivity index (χ2v) is 5.35. The summed E-state index contributed by atoms with van der Waals surface area (Å²) in [6, 6.07) is 16.7. The zero-order valence-corrected chi connectivity index (χ0v) is 10.7. The minimum atomic E-state index is -0.694. The molecule has 1 nitrogen and oxygen atoms in total. The van der Waals surface area contributed by atoms with E-state index in [1.807, 2.05) is 12.1 Å². The molecule has 0 fully saturated rings. The second kappa shape index (κ2) is 4.25. The first-order chi connectivity index (χ1) is 8.67. The molecule has 0 saturated heterocycles. The van der Waals surface area contributed by atoms with Gasteiger partial charge in [-0.2, -0.15) is 0 Å². The minimum absolute atomic E-state index is 0.694. The fourth-order valence-electron chi connectivity index (χ4n) is 2.90. The number of hydrogen-bond acceptors (Lipinski definition) is 1. The van der Waals surface area contributed by atoms with E-state index in [0.717, 1.165) is 24.8 Å². The van der Waals surface area contributed by atoms with E-state index in [1.165, 1.54) is 16.7 Å². The zero-order valence-electron chi connectivity index (χ0n) is 10.7. The van der Waals surface area contributed by atoms with Crippen LogP contribution >= 0.6 is 0 Å². The standard InChI is InChI=1S/C17H18O/c1-13-5-4-8-16(11-13)17(18)10-9-14-6-2-3-7-15(14)12-17/h2-8,11,18H,9-10,12H2,1H3. The Labute approximate surface area is 108 Å². The molecule has 1 atom stereocenters. The Kier molecular flexibility index (Phi) is 2.71. The third kappa shape index (κ3) is 1.95. The number of rotatable bonds is 1. The van der Waals surface area contributed by atoms with Gasteiger partial charge in [-0.05, 0) is 36.5 Å². The molecule has 92 valence electrons. The van der Waals surface area contributed by atoms with Gasteiger partial charge in [0.05, 0.1) is 5.60 Å². The highest BCUT2D eigenvalue weighted by molar-refractivity contribution is 5.36. The Morgan fingerprint density at radius 3 is 2.56 bits per heavy atom. The van der Waals surface area contributed by atoms with E-state index in [-0.39, 0.29) is 0 Å². The van der Waals surface area contributed by atoms with Crippen molar-refractivity contribution in [1.29, 1.82) is 0 Å². The molecular weight excluding hydrogens is 220 g/mol. The quantitative estimate of drug-likeness (QED) is 0.807. The van der Waals surface area contributed by atoms with Crippen LogP contribution in [0, 0.1) is 6.92 Å². The lowest BCUT2D eigenvalue weighted by Gasteiger charge is -2.34. The molecule has 0 amide bonds. The monoisotopic (exact) mass is 238 g/mol. The molecule has 0 bridgehead atoms. The van der Waals surface area contributed by atoms with Gasteiger partial charge >= 0.3 is 0 Å². The molecule has 1 heteroatoms. The second-order valence-electron chi connectivity index (χ2n) is 5.35. The molecule has 0 aromatic heterocycles. The molecule has 1 aliphatic rings. The Hall–Kier alpha value is -1.60. The smallest absolute Gasteiger partial charge is 0.0940 e. The summed E-state index contributed by atoms with van der Waals surface area (Å²) in [5.74, 6) is 0. The Bertz CT molecular complexity index is 573. The van der Waals surface area contributed by atoms with Crippen LogP contribution in [0.4, 0.5) is 0 Å². The first-order valence-electron chi connectivity index (χ1n) is 6.54. The predicted molar refractivity (Wildman–Crippen MR) is 73.5 cm³/mol. The van der Waals surface area contributed by atoms with Crippen molar-refractivity contribution in [2.24, 2.45) is 0 Å². The maximum Gasteiger partial charge on any atom is 0.0940 e. The Morgan fingerprint density at radius 1 is 1.00 bits per heavy atom. The Balaban J connectivity index is 1.99. The van der Waals surface area contributed by atoms with E-state index >= 15 is 0 Å². The molecule has 3 rings (SSSR count). The van der Waals surface area contributed by atoms with Crippen LogP contribution in [0.25, 0.3) is 0 Å². The van der Waals surface area contributed by atoms with Crippen molar-refractivity contribution in [3.05, 3.63) is 70.8 Å². The topological polar surface area (TPSA) is 20.2 Å². The van der Waals surface area contributed by atoms with Gasteiger partial charge in [0, 0.05) is 6.42 Å². The zero-order chi connectivity index (χ0) is 12.6. The largest absolute Gasteiger partial charge is 0.385 e. The summed E-state index contributed by atoms with van der Waals surface area (Å²) >= 11 is 0. The summed E-state index contributed by atoms with van der Waals surface area (Å²) in [6.45, 7) is 2.07. The van der Waals surface area contributed by atoms with Gasteiger partial charge in [-0.3, -0.25) is 0 Å². The lowest BCUT2D eigenvalue weighted by atomic mass is 9.76. The van der Waals surface area contributed by atoms with Gasteiger partial charge in [0.2, 0.25) is 0 Å². The van der Waals surface area contributed by atoms with Gasteiger partial charge in [-0.15, -0.1) is 0 Å². The van der Waals surface area contributed by atoms with E-state index in [1.54, 1.807) is 0 Å². The lowest BCUT2D eigenvalue weighted by Crippen LogP contribution is -2.33. The molecule has 1 aliphatic carbocycles. The van der Waals surface area contributed by atoms with Crippen LogP contribution < -0.4 is 0 Å². The van der Waals surface area contributed by atoms with E-state index < -0.39 is 5.60 Å². The van der Waals surface area contributed by atoms with Gasteiger partial charge in [-0.25, -0.2) is 0 Å². The lowest BCUT2D eigenvalue weighted by molar-refractivity contribution is 0.0222. The molecule has 2 aromatic rings. The van der Waals surface area contributed by atoms with Crippen molar-refractivity contribution in [3.8, 4) is 0 Å². The van der Waals surface area contributed by atoms with Gasteiger partial charge < -0.3 is 5.11 Å². The van der Waals surface area contributed by atoms with Gasteiger partial charge in [-0.1, -0.05) is 54.1 Å². The van der Waals surface area contributed by atoms with E-state index in [2.05, 4.69) is 43.3 Å². The average molecular weight is 238 g/mol. The molecule has 0 heterocycles. The summed E-state index contributed by atoms with van der Waals surface area (Å²) < 4.78 is 0. The molecule has 0 aliphatic heterocycles. The molecule has 18 heavy (non-hydrogen) atoms. The van der Waals surface area contributed by atoms with Crippen molar-refractivity contribution in [1.82, 2.24) is 0 Å². The summed E-state index contributed by atoms with van der Waals surface area (Å²) in [5, 5.41) is 10.9. The van der Waals surface area contributed by atoms with E-state index in [0.29, 0.717) is 0 Å². The fourth-order valence-corrected chi connectivity index (χ4v) is 2.90. The predicted octanol–water partition coefficient (Wildman–Crippen LogP) is 3.37. The van der Waals surface area contributed by atoms with Gasteiger partial charge in [0.25, 0.3) is 0 Å². The first-order valence-corrected chi connectivity index (χ1v) is 6.54. The van der Waals surface area contributed by atoms with Crippen molar-refractivity contribution in [2.45, 2.75) is 31.8 Å². The number of aliphatic hydroxyl groups is 1.